The van der Waals surface area contributed by atoms with E-state index in [2.05, 4.69) is 4.98 Å². The fourth-order valence-electron chi connectivity index (χ4n) is 3.06. The van der Waals surface area contributed by atoms with Crippen molar-refractivity contribution in [1.82, 2.24) is 9.55 Å². The van der Waals surface area contributed by atoms with E-state index in [4.69, 9.17) is 31.5 Å². The lowest BCUT2D eigenvalue weighted by Crippen LogP contribution is -2.50. The van der Waals surface area contributed by atoms with Crippen molar-refractivity contribution in [2.75, 3.05) is 19.0 Å². The molecule has 2 aliphatic rings. The molecule has 1 aromatic rings. The molecule has 11 heteroatoms. The first-order valence-corrected chi connectivity index (χ1v) is 10.4. The van der Waals surface area contributed by atoms with Crippen LogP contribution in [0, 0.1) is 6.92 Å². The monoisotopic (exact) mass is 376 g/mol. The van der Waals surface area contributed by atoms with Crippen molar-refractivity contribution < 1.29 is 24.0 Å². The Bertz CT molecular complexity index is 767. The number of nitrogen functional groups attached to an aromatic ring is 1. The van der Waals surface area contributed by atoms with Crippen molar-refractivity contribution in [1.29, 1.82) is 0 Å². The number of ether oxygens (including phenoxy) is 2. The summed E-state index contributed by atoms with van der Waals surface area (Å²) in [6, 6.07) is 0. The van der Waals surface area contributed by atoms with Gasteiger partial charge in [0.2, 0.25) is 0 Å². The molecule has 0 aliphatic carbocycles. The van der Waals surface area contributed by atoms with Gasteiger partial charge in [-0.15, -0.1) is 0 Å². The summed E-state index contributed by atoms with van der Waals surface area (Å²) in [6.45, 7) is 1.33. The number of aliphatic hydroxyl groups is 1. The Morgan fingerprint density at radius 1 is 1.67 bits per heavy atom. The van der Waals surface area contributed by atoms with Gasteiger partial charge < -0.3 is 29.7 Å². The summed E-state index contributed by atoms with van der Waals surface area (Å²) >= 11 is 4.76. The first kappa shape index (κ1) is 17.9. The second kappa shape index (κ2) is 5.84. The normalized spacial score (nSPS) is 37.5. The van der Waals surface area contributed by atoms with E-state index in [0.29, 0.717) is 5.56 Å². The number of hydrogen-bond donors (Lipinski definition) is 2. The number of rotatable bonds is 4. The highest BCUT2D eigenvalue weighted by molar-refractivity contribution is 8.08. The first-order valence-electron chi connectivity index (χ1n) is 7.35. The molecule has 0 spiro atoms. The molecule has 2 saturated heterocycles. The second-order valence-corrected chi connectivity index (χ2v) is 9.99. The fourth-order valence-corrected chi connectivity index (χ4v) is 3.65. The molecule has 3 heterocycles. The molecule has 0 radical (unpaired) electrons. The van der Waals surface area contributed by atoms with Crippen LogP contribution in [0.1, 0.15) is 18.7 Å². The number of nitrogens with zero attached hydrogens (tertiary/aromatic N) is 2. The maximum atomic E-state index is 12.1. The summed E-state index contributed by atoms with van der Waals surface area (Å²) in [5, 5.41) is 10.6. The Labute approximate surface area is 143 Å². The van der Waals surface area contributed by atoms with E-state index in [1.807, 2.05) is 0 Å². The molecule has 24 heavy (non-hydrogen) atoms. The van der Waals surface area contributed by atoms with E-state index < -0.39 is 42.3 Å². The highest BCUT2D eigenvalue weighted by Crippen LogP contribution is 2.50. The quantitative estimate of drug-likeness (QED) is 0.626. The Hall–Kier alpha value is -0.870. The molecule has 0 aromatic carbocycles. The predicted octanol–water partition coefficient (Wildman–Crippen LogP) is -1.13. The maximum Gasteiger partial charge on any atom is 0.351 e. The summed E-state index contributed by atoms with van der Waals surface area (Å²) in [5.74, 6) is 0.130. The van der Waals surface area contributed by atoms with E-state index in [1.165, 1.54) is 17.4 Å². The molecule has 2 unspecified atom stereocenters. The zero-order chi connectivity index (χ0) is 17.9. The van der Waals surface area contributed by atoms with Gasteiger partial charge in [0.05, 0.1) is 12.7 Å². The van der Waals surface area contributed by atoms with Crippen LogP contribution in [-0.2, 0) is 25.8 Å². The van der Waals surface area contributed by atoms with Crippen LogP contribution in [0.4, 0.5) is 5.82 Å². The van der Waals surface area contributed by atoms with Crippen LogP contribution < -0.4 is 16.3 Å². The van der Waals surface area contributed by atoms with Crippen LogP contribution in [0.5, 0.6) is 0 Å². The molecule has 6 atom stereocenters. The zero-order valence-electron chi connectivity index (χ0n) is 13.4. The third-order valence-corrected chi connectivity index (χ3v) is 5.37. The first-order chi connectivity index (χ1) is 11.0. The van der Waals surface area contributed by atoms with Gasteiger partial charge in [0.25, 0.3) is 0 Å². The van der Waals surface area contributed by atoms with E-state index in [0.717, 1.165) is 0 Å². The minimum Gasteiger partial charge on any atom is -0.801 e. The van der Waals surface area contributed by atoms with Crippen molar-refractivity contribution in [3.63, 3.8) is 0 Å². The second-order valence-electron chi connectivity index (χ2n) is 6.19. The van der Waals surface area contributed by atoms with Gasteiger partial charge in [-0.1, -0.05) is 11.8 Å². The van der Waals surface area contributed by atoms with Gasteiger partial charge in [-0.3, -0.25) is 4.57 Å². The summed E-state index contributed by atoms with van der Waals surface area (Å²) in [6.07, 6.45) is -1.76. The van der Waals surface area contributed by atoms with Crippen LogP contribution in [-0.4, -0.2) is 51.8 Å². The molecule has 9 nitrogen and oxygen atoms in total. The Morgan fingerprint density at radius 2 is 2.33 bits per heavy atom. The lowest BCUT2D eigenvalue weighted by atomic mass is 9.94. The predicted molar refractivity (Wildman–Crippen MR) is 87.0 cm³/mol. The van der Waals surface area contributed by atoms with Crippen molar-refractivity contribution in [3.05, 3.63) is 22.2 Å². The van der Waals surface area contributed by atoms with E-state index in [9.17, 15) is 14.8 Å². The molecule has 3 N–H and O–H groups in total. The van der Waals surface area contributed by atoms with Gasteiger partial charge in [-0.25, -0.2) is 4.79 Å². The minimum absolute atomic E-state index is 0.130. The molecule has 134 valence electrons. The van der Waals surface area contributed by atoms with Crippen molar-refractivity contribution in [2.24, 2.45) is 0 Å². The standard InChI is InChI=1S/C13H20N3O6PS/c1-6-4-16(12(18)15-10(6)14)11-8-9(17)13(22-11,7(2)21-8)5-20-23(3,19)24/h4,7-9,11,17H,5H2,1-3H3,(H,19,24)(H2,14,15,18)/p-1/t7-,8-,9?,11+,13-,23?/m0/s1. The van der Waals surface area contributed by atoms with Crippen LogP contribution in [0.15, 0.2) is 11.0 Å². The Balaban J connectivity index is 1.94. The lowest BCUT2D eigenvalue weighted by molar-refractivity contribution is -0.225. The number of anilines is 1. The van der Waals surface area contributed by atoms with Gasteiger partial charge in [-0.05, 0) is 27.0 Å². The van der Waals surface area contributed by atoms with Gasteiger partial charge in [0.1, 0.15) is 23.6 Å². The van der Waals surface area contributed by atoms with Crippen molar-refractivity contribution in [2.45, 2.75) is 44.0 Å². The van der Waals surface area contributed by atoms with Crippen molar-refractivity contribution in [3.8, 4) is 0 Å². The number of nitrogens with two attached hydrogens (primary N) is 1. The molecule has 0 amide bonds. The average Bonchev–Trinajstić information content (AvgIpc) is 2.87. The highest BCUT2D eigenvalue weighted by Gasteiger charge is 2.66. The van der Waals surface area contributed by atoms with Crippen LogP contribution in [0.25, 0.3) is 0 Å². The maximum absolute atomic E-state index is 12.1. The topological polar surface area (TPSA) is 132 Å². The van der Waals surface area contributed by atoms with Gasteiger partial charge in [0.15, 0.2) is 6.23 Å². The smallest absolute Gasteiger partial charge is 0.351 e. The molecular formula is C13H19N3O6PS-. The number of fused-ring (bicyclic) bond motifs is 2. The molecule has 3 rings (SSSR count). The third-order valence-electron chi connectivity index (χ3n) is 4.45. The molecule has 2 fully saturated rings. The van der Waals surface area contributed by atoms with Crippen LogP contribution in [0.3, 0.4) is 0 Å². The van der Waals surface area contributed by atoms with Gasteiger partial charge in [-0.2, -0.15) is 4.98 Å². The van der Waals surface area contributed by atoms with Crippen LogP contribution in [0.2, 0.25) is 0 Å². The molecule has 0 saturated carbocycles. The van der Waals surface area contributed by atoms with Gasteiger partial charge >= 0.3 is 5.69 Å². The molecular weight excluding hydrogens is 357 g/mol. The highest BCUT2D eigenvalue weighted by atomic mass is 32.5. The van der Waals surface area contributed by atoms with E-state index in [-0.39, 0.29) is 12.4 Å². The van der Waals surface area contributed by atoms with Crippen LogP contribution >= 0.6 is 6.49 Å². The fraction of sp³-hybridized carbons (Fsp3) is 0.692. The third kappa shape index (κ3) is 2.82. The number of hydrogen-bond acceptors (Lipinski definition) is 9. The average molecular weight is 376 g/mol. The minimum atomic E-state index is -3.18. The number of aliphatic hydroxyl groups excluding tert-OH is 1. The van der Waals surface area contributed by atoms with Gasteiger partial charge in [0, 0.05) is 11.8 Å². The van der Waals surface area contributed by atoms with Crippen molar-refractivity contribution >= 4 is 24.1 Å². The SMILES string of the molecule is Cc1cn([C@@H]2O[C@]3(COP(C)([O-])=S)C(O)[C@@H]2O[C@H]3C)c(=O)nc1N. The summed E-state index contributed by atoms with van der Waals surface area (Å²) in [5.41, 5.74) is 4.35. The molecule has 2 bridgehead atoms. The largest absolute Gasteiger partial charge is 0.801 e. The summed E-state index contributed by atoms with van der Waals surface area (Å²) in [4.78, 5) is 27.5. The number of aromatic nitrogens is 2. The van der Waals surface area contributed by atoms with E-state index in [1.54, 1.807) is 13.8 Å². The Morgan fingerprint density at radius 3 is 2.96 bits per heavy atom. The Kier molecular flexibility index (Phi) is 4.37. The molecule has 2 aliphatic heterocycles. The summed E-state index contributed by atoms with van der Waals surface area (Å²) in [7, 11) is 0. The van der Waals surface area contributed by atoms with E-state index >= 15 is 0 Å². The molecule has 1 aromatic heterocycles. The summed E-state index contributed by atoms with van der Waals surface area (Å²) < 4.78 is 18.1. The lowest BCUT2D eigenvalue weighted by Gasteiger charge is -2.37. The number of aryl methyl sites for hydroxylation is 1. The zero-order valence-corrected chi connectivity index (χ0v) is 15.1.